The fraction of sp³-hybridized carbons (Fsp3) is 0.0588. The van der Waals surface area contributed by atoms with Crippen molar-refractivity contribution in [2.45, 2.75) is 0 Å². The van der Waals surface area contributed by atoms with Crippen LogP contribution in [0.25, 0.3) is 22.5 Å². The highest BCUT2D eigenvalue weighted by atomic mass is 35.5. The van der Waals surface area contributed by atoms with Crippen LogP contribution in [0.5, 0.6) is 11.5 Å². The molecule has 2 aromatic carbocycles. The Morgan fingerprint density at radius 1 is 1.25 bits per heavy atom. The molecule has 1 aromatic heterocycles. The number of aromatic nitrogens is 2. The summed E-state index contributed by atoms with van der Waals surface area (Å²) in [5.41, 5.74) is 1.32. The highest BCUT2D eigenvalue weighted by Crippen LogP contribution is 2.30. The van der Waals surface area contributed by atoms with E-state index in [9.17, 15) is 5.11 Å². The van der Waals surface area contributed by atoms with Gasteiger partial charge < -0.3 is 14.4 Å². The lowest BCUT2D eigenvalue weighted by molar-refractivity contribution is 0.373. The molecule has 0 spiro atoms. The van der Waals surface area contributed by atoms with Crippen LogP contribution in [-0.4, -0.2) is 22.4 Å². The number of hydrogen-bond donors (Lipinski definition) is 1. The smallest absolute Gasteiger partial charge is 0.269 e. The monoisotopic (exact) mass is 362 g/mol. The van der Waals surface area contributed by atoms with E-state index in [1.165, 1.54) is 13.2 Å². The third kappa shape index (κ3) is 3.37. The first-order valence-corrected chi connectivity index (χ1v) is 7.67. The van der Waals surface area contributed by atoms with Crippen molar-refractivity contribution >= 4 is 34.3 Å². The lowest BCUT2D eigenvalue weighted by Crippen LogP contribution is -1.85. The van der Waals surface area contributed by atoms with E-state index in [4.69, 9.17) is 32.5 Å². The zero-order valence-electron chi connectivity index (χ0n) is 12.5. The maximum Gasteiger partial charge on any atom is 0.269 e. The van der Waals surface area contributed by atoms with Crippen molar-refractivity contribution in [2.24, 2.45) is 0 Å². The Bertz CT molecular complexity index is 906. The SMILES string of the molecule is COc1ccc(/C=C(\Cl)c2nc(-c3ccccc3Cl)no2)cc1O. The Morgan fingerprint density at radius 3 is 2.75 bits per heavy atom. The van der Waals surface area contributed by atoms with Gasteiger partial charge in [-0.3, -0.25) is 0 Å². The molecule has 0 fully saturated rings. The average molecular weight is 363 g/mol. The Morgan fingerprint density at radius 2 is 2.04 bits per heavy atom. The topological polar surface area (TPSA) is 68.4 Å². The van der Waals surface area contributed by atoms with Crippen molar-refractivity contribution in [2.75, 3.05) is 7.11 Å². The molecule has 122 valence electrons. The fourth-order valence-corrected chi connectivity index (χ4v) is 2.50. The summed E-state index contributed by atoms with van der Waals surface area (Å²) in [5.74, 6) is 0.890. The molecule has 0 amide bonds. The molecule has 0 bridgehead atoms. The predicted octanol–water partition coefficient (Wildman–Crippen LogP) is 4.84. The molecule has 3 rings (SSSR count). The highest BCUT2D eigenvalue weighted by Gasteiger charge is 2.14. The Kier molecular flexibility index (Phi) is 4.74. The van der Waals surface area contributed by atoms with Gasteiger partial charge in [0.05, 0.1) is 12.1 Å². The van der Waals surface area contributed by atoms with E-state index in [0.29, 0.717) is 27.7 Å². The number of nitrogens with zero attached hydrogens (tertiary/aromatic N) is 2. The number of benzene rings is 2. The van der Waals surface area contributed by atoms with Crippen molar-refractivity contribution in [3.05, 3.63) is 58.9 Å². The third-order valence-electron chi connectivity index (χ3n) is 3.24. The van der Waals surface area contributed by atoms with Crippen LogP contribution in [0.1, 0.15) is 11.5 Å². The Hall–Kier alpha value is -2.50. The summed E-state index contributed by atoms with van der Waals surface area (Å²) in [6.45, 7) is 0. The molecule has 0 unspecified atom stereocenters. The second-order valence-corrected chi connectivity index (χ2v) is 5.64. The second-order valence-electron chi connectivity index (χ2n) is 4.83. The maximum atomic E-state index is 9.79. The average Bonchev–Trinajstić information content (AvgIpc) is 3.05. The first-order chi connectivity index (χ1) is 11.6. The van der Waals surface area contributed by atoms with E-state index in [-0.39, 0.29) is 16.7 Å². The quantitative estimate of drug-likeness (QED) is 0.718. The molecule has 3 aromatic rings. The molecule has 5 nitrogen and oxygen atoms in total. The molecule has 0 radical (unpaired) electrons. The minimum absolute atomic E-state index is 0.0120. The fourth-order valence-electron chi connectivity index (χ4n) is 2.08. The predicted molar refractivity (Wildman–Crippen MR) is 93.1 cm³/mol. The van der Waals surface area contributed by atoms with Crippen LogP contribution in [0, 0.1) is 0 Å². The van der Waals surface area contributed by atoms with Gasteiger partial charge in [-0.2, -0.15) is 4.98 Å². The van der Waals surface area contributed by atoms with Crippen LogP contribution < -0.4 is 4.74 Å². The molecule has 0 aliphatic heterocycles. The van der Waals surface area contributed by atoms with E-state index >= 15 is 0 Å². The molecule has 7 heteroatoms. The number of methoxy groups -OCH3 is 1. The van der Waals surface area contributed by atoms with Crippen LogP contribution in [0.3, 0.4) is 0 Å². The minimum Gasteiger partial charge on any atom is -0.504 e. The lowest BCUT2D eigenvalue weighted by Gasteiger charge is -2.03. The lowest BCUT2D eigenvalue weighted by atomic mass is 10.2. The Labute approximate surface area is 148 Å². The maximum absolute atomic E-state index is 9.79. The van der Waals surface area contributed by atoms with Crippen molar-refractivity contribution in [1.82, 2.24) is 10.1 Å². The molecule has 1 heterocycles. The van der Waals surface area contributed by atoms with Gasteiger partial charge in [0.2, 0.25) is 5.82 Å². The zero-order valence-corrected chi connectivity index (χ0v) is 14.0. The van der Waals surface area contributed by atoms with Crippen LogP contribution in [0.15, 0.2) is 47.0 Å². The summed E-state index contributed by atoms with van der Waals surface area (Å²) in [4.78, 5) is 4.24. The first kappa shape index (κ1) is 16.4. The molecule has 0 atom stereocenters. The summed E-state index contributed by atoms with van der Waals surface area (Å²) in [6.07, 6.45) is 1.60. The van der Waals surface area contributed by atoms with Crippen LogP contribution in [0.2, 0.25) is 5.02 Å². The van der Waals surface area contributed by atoms with Gasteiger partial charge in [0.1, 0.15) is 5.03 Å². The van der Waals surface area contributed by atoms with Crippen molar-refractivity contribution < 1.29 is 14.4 Å². The van der Waals surface area contributed by atoms with E-state index in [2.05, 4.69) is 10.1 Å². The molecule has 0 saturated heterocycles. The summed E-state index contributed by atoms with van der Waals surface area (Å²) >= 11 is 12.3. The number of halogens is 2. The number of rotatable bonds is 4. The largest absolute Gasteiger partial charge is 0.504 e. The van der Waals surface area contributed by atoms with Gasteiger partial charge in [-0.05, 0) is 35.9 Å². The van der Waals surface area contributed by atoms with Crippen LogP contribution in [0.4, 0.5) is 0 Å². The van der Waals surface area contributed by atoms with Gasteiger partial charge in [0.15, 0.2) is 11.5 Å². The van der Waals surface area contributed by atoms with Gasteiger partial charge in [-0.25, -0.2) is 0 Å². The van der Waals surface area contributed by atoms with Gasteiger partial charge in [-0.15, -0.1) is 0 Å². The zero-order chi connectivity index (χ0) is 17.1. The van der Waals surface area contributed by atoms with Gasteiger partial charge >= 0.3 is 0 Å². The van der Waals surface area contributed by atoms with E-state index in [1.807, 2.05) is 12.1 Å². The number of ether oxygens (including phenoxy) is 1. The van der Waals surface area contributed by atoms with E-state index in [0.717, 1.165) is 0 Å². The van der Waals surface area contributed by atoms with Gasteiger partial charge in [0.25, 0.3) is 5.89 Å². The molecule has 0 aliphatic carbocycles. The number of phenols is 1. The molecular formula is C17H12Cl2N2O3. The normalized spacial score (nSPS) is 11.5. The summed E-state index contributed by atoms with van der Waals surface area (Å²) in [6, 6.07) is 12.1. The number of aromatic hydroxyl groups is 1. The summed E-state index contributed by atoms with van der Waals surface area (Å²) in [5, 5.41) is 14.4. The molecule has 0 aliphatic rings. The van der Waals surface area contributed by atoms with Crippen molar-refractivity contribution in [3.8, 4) is 22.9 Å². The third-order valence-corrected chi connectivity index (χ3v) is 3.84. The molecule has 24 heavy (non-hydrogen) atoms. The van der Waals surface area contributed by atoms with Gasteiger partial charge in [-0.1, -0.05) is 46.6 Å². The van der Waals surface area contributed by atoms with E-state index in [1.54, 1.807) is 30.3 Å². The van der Waals surface area contributed by atoms with Crippen molar-refractivity contribution in [3.63, 3.8) is 0 Å². The number of hydrogen-bond acceptors (Lipinski definition) is 5. The van der Waals surface area contributed by atoms with E-state index < -0.39 is 0 Å². The molecule has 1 N–H and O–H groups in total. The molecule has 0 saturated carbocycles. The minimum atomic E-state index is 0.0120. The number of phenolic OH excluding ortho intramolecular Hbond substituents is 1. The van der Waals surface area contributed by atoms with Crippen LogP contribution >= 0.6 is 23.2 Å². The van der Waals surface area contributed by atoms with Crippen molar-refractivity contribution in [1.29, 1.82) is 0 Å². The Balaban J connectivity index is 1.89. The van der Waals surface area contributed by atoms with Crippen LogP contribution in [-0.2, 0) is 0 Å². The van der Waals surface area contributed by atoms with Gasteiger partial charge in [0, 0.05) is 5.56 Å². The standard InChI is InChI=1S/C17H12Cl2N2O3/c1-23-15-7-6-10(9-14(15)22)8-13(19)17-20-16(21-24-17)11-4-2-3-5-12(11)18/h2-9,22H,1H3/b13-8-. The first-order valence-electron chi connectivity index (χ1n) is 6.91. The summed E-state index contributed by atoms with van der Waals surface area (Å²) < 4.78 is 10.2. The molecular weight excluding hydrogens is 351 g/mol. The highest BCUT2D eigenvalue weighted by molar-refractivity contribution is 6.50. The summed E-state index contributed by atoms with van der Waals surface area (Å²) in [7, 11) is 1.48. The second kappa shape index (κ2) is 6.95.